The summed E-state index contributed by atoms with van der Waals surface area (Å²) in [5, 5.41) is 20.0. The standard InChI is InChI=1S/C35H47F2N5O5S/c1-23(2)21-42(48(46,47)28-14-12-27(38)13-15-28)22-31(43)30(17-24-9-7-6-8-10-24)40-34(45)33(35(3,4)5)41-32(44)20-39-19-25-18-26(36)11-16-29(25)37/h6-16,18,23,30-31,33,39,43H,17,19-22,38H2,1-5H3,(H,40,45)(H,41,44). The molecule has 3 aromatic rings. The molecule has 3 rings (SSSR count). The Hall–Kier alpha value is -3.91. The Labute approximate surface area is 282 Å². The van der Waals surface area contributed by atoms with Crippen LogP contribution in [0.4, 0.5) is 14.5 Å². The first-order valence-electron chi connectivity index (χ1n) is 15.8. The average molecular weight is 688 g/mol. The fourth-order valence-electron chi connectivity index (χ4n) is 5.10. The Morgan fingerprint density at radius 1 is 0.938 bits per heavy atom. The van der Waals surface area contributed by atoms with Crippen LogP contribution in [0, 0.1) is 23.0 Å². The van der Waals surface area contributed by atoms with Crippen LogP contribution in [0.1, 0.15) is 45.7 Å². The van der Waals surface area contributed by atoms with Gasteiger partial charge in [0.25, 0.3) is 0 Å². The first kappa shape index (κ1) is 38.5. The lowest BCUT2D eigenvalue weighted by molar-refractivity contribution is -0.132. The van der Waals surface area contributed by atoms with E-state index in [9.17, 15) is 31.9 Å². The maximum Gasteiger partial charge on any atom is 0.243 e. The molecule has 13 heteroatoms. The number of rotatable bonds is 16. The Balaban J connectivity index is 1.81. The van der Waals surface area contributed by atoms with Crippen molar-refractivity contribution in [3.05, 3.63) is 95.6 Å². The molecular formula is C35H47F2N5O5S. The highest BCUT2D eigenvalue weighted by Crippen LogP contribution is 2.22. The number of nitrogen functional groups attached to an aromatic ring is 1. The van der Waals surface area contributed by atoms with Gasteiger partial charge in [0.1, 0.15) is 17.7 Å². The normalized spacial score (nSPS) is 14.0. The van der Waals surface area contributed by atoms with Crippen molar-refractivity contribution in [3.8, 4) is 0 Å². The minimum Gasteiger partial charge on any atom is -0.399 e. The fraction of sp³-hybridized carbons (Fsp3) is 0.429. The second-order valence-corrected chi connectivity index (χ2v) is 15.3. The number of aliphatic hydroxyl groups is 1. The third kappa shape index (κ3) is 11.4. The number of benzene rings is 3. The summed E-state index contributed by atoms with van der Waals surface area (Å²) in [6.45, 7) is 8.43. The van der Waals surface area contributed by atoms with Crippen LogP contribution in [0.25, 0.3) is 0 Å². The highest BCUT2D eigenvalue weighted by Gasteiger charge is 2.36. The molecule has 10 nitrogen and oxygen atoms in total. The van der Waals surface area contributed by atoms with Gasteiger partial charge in [0.2, 0.25) is 21.8 Å². The number of carbonyl (C=O) groups is 2. The largest absolute Gasteiger partial charge is 0.399 e. The summed E-state index contributed by atoms with van der Waals surface area (Å²) in [6.07, 6.45) is -1.16. The Bertz CT molecular complexity index is 1620. The van der Waals surface area contributed by atoms with Crippen LogP contribution in [0.5, 0.6) is 0 Å². The highest BCUT2D eigenvalue weighted by atomic mass is 32.2. The van der Waals surface area contributed by atoms with Crippen LogP contribution >= 0.6 is 0 Å². The van der Waals surface area contributed by atoms with E-state index in [2.05, 4.69) is 16.0 Å². The number of carbonyl (C=O) groups excluding carboxylic acids is 2. The number of aliphatic hydroxyl groups excluding tert-OH is 1. The molecule has 3 unspecified atom stereocenters. The van der Waals surface area contributed by atoms with Crippen molar-refractivity contribution < 1.29 is 31.9 Å². The fourth-order valence-corrected chi connectivity index (χ4v) is 6.72. The number of nitrogens with zero attached hydrogens (tertiary/aromatic N) is 1. The minimum atomic E-state index is -4.04. The Morgan fingerprint density at radius 2 is 1.58 bits per heavy atom. The number of anilines is 1. The van der Waals surface area contributed by atoms with E-state index in [1.165, 1.54) is 28.6 Å². The molecule has 262 valence electrons. The lowest BCUT2D eigenvalue weighted by Crippen LogP contribution is -2.59. The van der Waals surface area contributed by atoms with Crippen molar-refractivity contribution in [1.29, 1.82) is 0 Å². The van der Waals surface area contributed by atoms with E-state index < -0.39 is 57.1 Å². The quantitative estimate of drug-likeness (QED) is 0.144. The molecule has 0 bridgehead atoms. The van der Waals surface area contributed by atoms with E-state index in [1.807, 2.05) is 44.2 Å². The first-order valence-corrected chi connectivity index (χ1v) is 17.2. The van der Waals surface area contributed by atoms with E-state index in [-0.39, 0.29) is 49.0 Å². The van der Waals surface area contributed by atoms with Gasteiger partial charge < -0.3 is 26.8 Å². The molecule has 0 radical (unpaired) electrons. The zero-order chi connectivity index (χ0) is 35.6. The van der Waals surface area contributed by atoms with Crippen LogP contribution in [0.2, 0.25) is 0 Å². The number of halogens is 2. The van der Waals surface area contributed by atoms with Crippen molar-refractivity contribution >= 4 is 27.5 Å². The van der Waals surface area contributed by atoms with Crippen molar-refractivity contribution in [2.45, 2.75) is 70.7 Å². The van der Waals surface area contributed by atoms with Gasteiger partial charge in [-0.05, 0) is 65.8 Å². The van der Waals surface area contributed by atoms with Gasteiger partial charge in [-0.1, -0.05) is 65.0 Å². The Morgan fingerprint density at radius 3 is 2.19 bits per heavy atom. The molecule has 0 spiro atoms. The molecule has 3 aromatic carbocycles. The van der Waals surface area contributed by atoms with E-state index in [0.717, 1.165) is 23.8 Å². The third-order valence-electron chi connectivity index (χ3n) is 7.61. The van der Waals surface area contributed by atoms with Crippen LogP contribution in [0.3, 0.4) is 0 Å². The first-order chi connectivity index (χ1) is 22.5. The summed E-state index contributed by atoms with van der Waals surface area (Å²) in [5.74, 6) is -2.44. The van der Waals surface area contributed by atoms with Gasteiger partial charge in [-0.15, -0.1) is 0 Å². The van der Waals surface area contributed by atoms with Gasteiger partial charge in [0.05, 0.1) is 23.6 Å². The van der Waals surface area contributed by atoms with Gasteiger partial charge in [-0.2, -0.15) is 4.31 Å². The smallest absolute Gasteiger partial charge is 0.243 e. The van der Waals surface area contributed by atoms with Crippen molar-refractivity contribution in [2.24, 2.45) is 11.3 Å². The number of nitrogens with one attached hydrogen (secondary N) is 3. The molecule has 0 aliphatic heterocycles. The number of sulfonamides is 1. The van der Waals surface area contributed by atoms with Crippen LogP contribution in [-0.2, 0) is 32.6 Å². The SMILES string of the molecule is CC(C)CN(CC(O)C(Cc1ccccc1)NC(=O)C(NC(=O)CNCc1cc(F)ccc1F)C(C)(C)C)S(=O)(=O)c1ccc(N)cc1. The second kappa shape index (κ2) is 17.0. The molecule has 3 atom stereocenters. The average Bonchev–Trinajstić information content (AvgIpc) is 3.00. The molecule has 0 saturated heterocycles. The summed E-state index contributed by atoms with van der Waals surface area (Å²) < 4.78 is 56.1. The molecule has 0 heterocycles. The van der Waals surface area contributed by atoms with Gasteiger partial charge in [-0.3, -0.25) is 9.59 Å². The molecular weight excluding hydrogens is 640 g/mol. The van der Waals surface area contributed by atoms with E-state index in [1.54, 1.807) is 20.8 Å². The summed E-state index contributed by atoms with van der Waals surface area (Å²) in [6, 6.07) is 16.0. The summed E-state index contributed by atoms with van der Waals surface area (Å²) >= 11 is 0. The molecule has 0 fully saturated rings. The van der Waals surface area contributed by atoms with E-state index in [4.69, 9.17) is 5.73 Å². The number of hydrogen-bond acceptors (Lipinski definition) is 7. The minimum absolute atomic E-state index is 0.0254. The summed E-state index contributed by atoms with van der Waals surface area (Å²) in [5.41, 5.74) is 6.24. The predicted octanol–water partition coefficient (Wildman–Crippen LogP) is 3.60. The Kier molecular flexibility index (Phi) is 13.6. The number of amides is 2. The lowest BCUT2D eigenvalue weighted by atomic mass is 9.85. The predicted molar refractivity (Wildman–Crippen MR) is 182 cm³/mol. The molecule has 0 aliphatic rings. The van der Waals surface area contributed by atoms with Gasteiger partial charge in [-0.25, -0.2) is 17.2 Å². The van der Waals surface area contributed by atoms with Crippen molar-refractivity contribution in [2.75, 3.05) is 25.4 Å². The van der Waals surface area contributed by atoms with Crippen molar-refractivity contribution in [3.63, 3.8) is 0 Å². The zero-order valence-electron chi connectivity index (χ0n) is 28.0. The summed E-state index contributed by atoms with van der Waals surface area (Å²) in [4.78, 5) is 26.8. The molecule has 0 aliphatic carbocycles. The number of hydrogen-bond donors (Lipinski definition) is 5. The van der Waals surface area contributed by atoms with E-state index >= 15 is 0 Å². The molecule has 2 amide bonds. The highest BCUT2D eigenvalue weighted by molar-refractivity contribution is 7.89. The van der Waals surface area contributed by atoms with Crippen LogP contribution < -0.4 is 21.7 Å². The van der Waals surface area contributed by atoms with Crippen molar-refractivity contribution in [1.82, 2.24) is 20.3 Å². The maximum absolute atomic E-state index is 14.0. The molecule has 6 N–H and O–H groups in total. The van der Waals surface area contributed by atoms with Gasteiger partial charge >= 0.3 is 0 Å². The van der Waals surface area contributed by atoms with Gasteiger partial charge in [0.15, 0.2) is 0 Å². The topological polar surface area (TPSA) is 154 Å². The molecule has 48 heavy (non-hydrogen) atoms. The summed E-state index contributed by atoms with van der Waals surface area (Å²) in [7, 11) is -4.04. The molecule has 0 aromatic heterocycles. The second-order valence-electron chi connectivity index (χ2n) is 13.4. The lowest BCUT2D eigenvalue weighted by Gasteiger charge is -2.34. The monoisotopic (exact) mass is 687 g/mol. The zero-order valence-corrected chi connectivity index (χ0v) is 28.9. The van der Waals surface area contributed by atoms with Crippen LogP contribution in [-0.4, -0.2) is 67.5 Å². The number of nitrogens with two attached hydrogens (primary N) is 1. The third-order valence-corrected chi connectivity index (χ3v) is 9.46. The van der Waals surface area contributed by atoms with E-state index in [0.29, 0.717) is 5.69 Å². The van der Waals surface area contributed by atoms with Gasteiger partial charge in [0, 0.05) is 30.9 Å². The van der Waals surface area contributed by atoms with Crippen LogP contribution in [0.15, 0.2) is 77.7 Å². The molecule has 0 saturated carbocycles. The maximum atomic E-state index is 14.0.